The average Bonchev–Trinajstić information content (AvgIpc) is 2.81. The molecule has 0 saturated heterocycles. The van der Waals surface area contributed by atoms with Crippen LogP contribution >= 0.6 is 0 Å². The van der Waals surface area contributed by atoms with Gasteiger partial charge in [0.2, 0.25) is 0 Å². The van der Waals surface area contributed by atoms with Gasteiger partial charge < -0.3 is 0 Å². The zero-order valence-electron chi connectivity index (χ0n) is 23.4. The molecule has 0 aromatic rings. The summed E-state index contributed by atoms with van der Waals surface area (Å²) >= 11 is 0. The molecular formula is C32H66. The first-order chi connectivity index (χ1) is 15.8. The topological polar surface area (TPSA) is 0 Å². The molecule has 0 heteroatoms. The van der Waals surface area contributed by atoms with Crippen molar-refractivity contribution >= 4 is 0 Å². The predicted molar refractivity (Wildman–Crippen MR) is 150 cm³/mol. The molecule has 0 N–H and O–H groups in total. The van der Waals surface area contributed by atoms with Crippen molar-refractivity contribution < 1.29 is 0 Å². The highest BCUT2D eigenvalue weighted by Gasteiger charge is 2.08. The van der Waals surface area contributed by atoms with Gasteiger partial charge in [0, 0.05) is 0 Å². The second kappa shape index (κ2) is 29.0. The molecule has 0 spiro atoms. The van der Waals surface area contributed by atoms with E-state index in [-0.39, 0.29) is 0 Å². The summed E-state index contributed by atoms with van der Waals surface area (Å²) in [6.45, 7) is 6.99. The molecule has 32 heavy (non-hydrogen) atoms. The van der Waals surface area contributed by atoms with Crippen LogP contribution in [0.4, 0.5) is 0 Å². The highest BCUT2D eigenvalue weighted by Crippen LogP contribution is 2.24. The molecular weight excluding hydrogens is 384 g/mol. The summed E-state index contributed by atoms with van der Waals surface area (Å²) in [4.78, 5) is 0. The van der Waals surface area contributed by atoms with Gasteiger partial charge in [-0.15, -0.1) is 0 Å². The fourth-order valence-corrected chi connectivity index (χ4v) is 5.30. The Morgan fingerprint density at radius 2 is 0.469 bits per heavy atom. The van der Waals surface area contributed by atoms with Crippen molar-refractivity contribution in [1.29, 1.82) is 0 Å². The summed E-state index contributed by atoms with van der Waals surface area (Å²) < 4.78 is 0. The van der Waals surface area contributed by atoms with Gasteiger partial charge in [-0.2, -0.15) is 0 Å². The van der Waals surface area contributed by atoms with Crippen molar-refractivity contribution in [2.75, 3.05) is 0 Å². The van der Waals surface area contributed by atoms with Gasteiger partial charge in [-0.1, -0.05) is 201 Å². The lowest BCUT2D eigenvalue weighted by Crippen LogP contribution is -2.01. The van der Waals surface area contributed by atoms with Crippen LogP contribution in [0.1, 0.15) is 201 Å². The first-order valence-electron chi connectivity index (χ1n) is 15.8. The minimum absolute atomic E-state index is 1.04. The molecule has 0 saturated carbocycles. The quantitative estimate of drug-likeness (QED) is 0.104. The molecule has 0 aliphatic heterocycles. The summed E-state index contributed by atoms with van der Waals surface area (Å²) in [6.07, 6.45) is 41.3. The highest BCUT2D eigenvalue weighted by molar-refractivity contribution is 4.61. The van der Waals surface area contributed by atoms with Gasteiger partial charge in [0.1, 0.15) is 0 Å². The van der Waals surface area contributed by atoms with Crippen molar-refractivity contribution in [2.45, 2.75) is 201 Å². The Morgan fingerprint density at radius 3 is 0.750 bits per heavy atom. The maximum atomic E-state index is 2.36. The Hall–Kier alpha value is 0. The summed E-state index contributed by atoms with van der Waals surface area (Å²) in [6, 6.07) is 0. The maximum Gasteiger partial charge on any atom is -0.0414 e. The molecule has 0 radical (unpaired) electrons. The van der Waals surface area contributed by atoms with Gasteiger partial charge in [-0.05, 0) is 5.92 Å². The smallest absolute Gasteiger partial charge is 0.0414 e. The molecule has 1 atom stereocenters. The van der Waals surface area contributed by atoms with E-state index in [1.54, 1.807) is 0 Å². The van der Waals surface area contributed by atoms with Crippen LogP contribution in [0, 0.1) is 5.92 Å². The minimum atomic E-state index is 1.04. The summed E-state index contributed by atoms with van der Waals surface area (Å²) in [5.41, 5.74) is 0. The second-order valence-electron chi connectivity index (χ2n) is 11.0. The van der Waals surface area contributed by atoms with E-state index in [2.05, 4.69) is 20.8 Å². The number of hydrogen-bond donors (Lipinski definition) is 0. The lowest BCUT2D eigenvalue weighted by molar-refractivity contribution is 0.370. The van der Waals surface area contributed by atoms with Crippen LogP contribution < -0.4 is 0 Å². The zero-order chi connectivity index (χ0) is 23.4. The van der Waals surface area contributed by atoms with Crippen LogP contribution in [0.2, 0.25) is 0 Å². The van der Waals surface area contributed by atoms with E-state index in [4.69, 9.17) is 0 Å². The molecule has 0 bridgehead atoms. The van der Waals surface area contributed by atoms with Gasteiger partial charge >= 0.3 is 0 Å². The van der Waals surface area contributed by atoms with Gasteiger partial charge in [-0.3, -0.25) is 0 Å². The molecule has 0 aliphatic rings. The van der Waals surface area contributed by atoms with E-state index in [1.807, 2.05) is 0 Å². The van der Waals surface area contributed by atoms with Crippen LogP contribution in [-0.4, -0.2) is 0 Å². The number of hydrogen-bond acceptors (Lipinski definition) is 0. The molecule has 0 rings (SSSR count). The third-order valence-corrected chi connectivity index (χ3v) is 7.65. The van der Waals surface area contributed by atoms with E-state index < -0.39 is 0 Å². The Kier molecular flexibility index (Phi) is 29.0. The molecule has 0 aromatic carbocycles. The van der Waals surface area contributed by atoms with E-state index >= 15 is 0 Å². The van der Waals surface area contributed by atoms with Gasteiger partial charge in [0.15, 0.2) is 0 Å². The molecule has 0 aliphatic carbocycles. The Morgan fingerprint density at radius 1 is 0.250 bits per heavy atom. The fourth-order valence-electron chi connectivity index (χ4n) is 5.30. The van der Waals surface area contributed by atoms with Crippen LogP contribution in [0.5, 0.6) is 0 Å². The van der Waals surface area contributed by atoms with E-state index in [0.29, 0.717) is 0 Å². The summed E-state index contributed by atoms with van der Waals surface area (Å²) in [7, 11) is 0. The van der Waals surface area contributed by atoms with Crippen LogP contribution in [0.15, 0.2) is 0 Å². The van der Waals surface area contributed by atoms with Crippen LogP contribution in [0.25, 0.3) is 0 Å². The Labute approximate surface area is 206 Å². The van der Waals surface area contributed by atoms with Gasteiger partial charge in [0.25, 0.3) is 0 Å². The van der Waals surface area contributed by atoms with Gasteiger partial charge in [-0.25, -0.2) is 0 Å². The molecule has 0 amide bonds. The fraction of sp³-hybridized carbons (Fsp3) is 1.00. The first-order valence-corrected chi connectivity index (χ1v) is 15.8. The third-order valence-electron chi connectivity index (χ3n) is 7.65. The number of unbranched alkanes of at least 4 members (excludes halogenated alkanes) is 22. The molecule has 0 nitrogen and oxygen atoms in total. The van der Waals surface area contributed by atoms with Crippen LogP contribution in [-0.2, 0) is 0 Å². The Balaban J connectivity index is 3.38. The van der Waals surface area contributed by atoms with Crippen molar-refractivity contribution in [1.82, 2.24) is 0 Å². The zero-order valence-corrected chi connectivity index (χ0v) is 23.4. The van der Waals surface area contributed by atoms with Crippen molar-refractivity contribution in [3.63, 3.8) is 0 Å². The molecule has 0 heterocycles. The molecule has 194 valence electrons. The van der Waals surface area contributed by atoms with Gasteiger partial charge in [0.05, 0.1) is 0 Å². The third kappa shape index (κ3) is 26.3. The van der Waals surface area contributed by atoms with Crippen molar-refractivity contribution in [3.8, 4) is 0 Å². The minimum Gasteiger partial charge on any atom is -0.0654 e. The van der Waals surface area contributed by atoms with Crippen LogP contribution in [0.3, 0.4) is 0 Å². The van der Waals surface area contributed by atoms with E-state index in [1.165, 1.54) is 180 Å². The monoisotopic (exact) mass is 451 g/mol. The average molecular weight is 451 g/mol. The highest BCUT2D eigenvalue weighted by atomic mass is 14.1. The maximum absolute atomic E-state index is 2.36. The van der Waals surface area contributed by atoms with Crippen molar-refractivity contribution in [2.24, 2.45) is 5.92 Å². The SMILES string of the molecule is CCCCCCCCCCCCCCCCCCCC(CCCC)CCCCCCCC. The van der Waals surface area contributed by atoms with E-state index in [0.717, 1.165) is 5.92 Å². The summed E-state index contributed by atoms with van der Waals surface area (Å²) in [5, 5.41) is 0. The normalized spacial score (nSPS) is 12.5. The lowest BCUT2D eigenvalue weighted by atomic mass is 9.90. The molecule has 0 fully saturated rings. The molecule has 1 unspecified atom stereocenters. The predicted octanol–water partition coefficient (Wildman–Crippen LogP) is 12.6. The van der Waals surface area contributed by atoms with Crippen molar-refractivity contribution in [3.05, 3.63) is 0 Å². The largest absolute Gasteiger partial charge is 0.0654 e. The summed E-state index contributed by atoms with van der Waals surface area (Å²) in [5.74, 6) is 1.04. The van der Waals surface area contributed by atoms with E-state index in [9.17, 15) is 0 Å². The molecule has 0 aromatic heterocycles. The number of rotatable bonds is 28. The standard InChI is InChI=1S/C32H66/c1-4-7-10-12-14-15-16-17-18-19-20-21-22-23-24-26-28-31-32(29-9-6-3)30-27-25-13-11-8-5-2/h32H,4-31H2,1-3H3. The Bertz CT molecular complexity index is 307. The lowest BCUT2D eigenvalue weighted by Gasteiger charge is -2.16. The second-order valence-corrected chi connectivity index (χ2v) is 11.0. The first kappa shape index (κ1) is 32.0.